The molecule has 4 aromatic rings. The number of aliphatic carboxylic acids is 1. The van der Waals surface area contributed by atoms with E-state index in [4.69, 9.17) is 30.0 Å². The Hall–Kier alpha value is -6.95. The van der Waals surface area contributed by atoms with Crippen LogP contribution in [0.1, 0.15) is 156 Å². The molecule has 4 atom stereocenters. The summed E-state index contributed by atoms with van der Waals surface area (Å²) in [5.74, 6) is -8.73. The van der Waals surface area contributed by atoms with Gasteiger partial charge in [0.2, 0.25) is 35.2 Å². The predicted molar refractivity (Wildman–Crippen MR) is 403 cm³/mol. The second-order valence-corrected chi connectivity index (χ2v) is 31.6. The fourth-order valence-electron chi connectivity index (χ4n) is 13.7. The number of fused-ring (bicyclic) bond motifs is 2. The van der Waals surface area contributed by atoms with E-state index in [0.29, 0.717) is 37.3 Å². The third-order valence-electron chi connectivity index (χ3n) is 19.4. The maximum absolute atomic E-state index is 13.9. The number of nitrogens with zero attached hydrogens (tertiary/aromatic N) is 6. The zero-order chi connectivity index (χ0) is 81.9. The Morgan fingerprint density at radius 1 is 0.842 bits per heavy atom. The fraction of sp³-hybridized carbons (Fsp3) is 0.442. The molecule has 4 aliphatic heterocycles. The van der Waals surface area contributed by atoms with Gasteiger partial charge in [-0.2, -0.15) is 22.7 Å². The molecule has 596 valence electrons. The van der Waals surface area contributed by atoms with Crippen LogP contribution < -0.4 is 114 Å². The van der Waals surface area contributed by atoms with E-state index in [0.717, 1.165) is 93.9 Å². The van der Waals surface area contributed by atoms with Crippen LogP contribution >= 0.6 is 11.8 Å². The molecule has 0 radical (unpaired) electrons. The number of imide groups is 1. The molecule has 2 saturated heterocycles. The summed E-state index contributed by atoms with van der Waals surface area (Å²) in [5, 5.41) is 26.2. The van der Waals surface area contributed by atoms with Crippen molar-refractivity contribution in [1.29, 1.82) is 5.26 Å². The van der Waals surface area contributed by atoms with Crippen molar-refractivity contribution in [3.8, 4) is 11.8 Å². The number of hydrogen-bond donors (Lipinski definition) is 4. The summed E-state index contributed by atoms with van der Waals surface area (Å²) in [6.07, 6.45) is 13.7. The van der Waals surface area contributed by atoms with Gasteiger partial charge >= 0.3 is 116 Å². The van der Waals surface area contributed by atoms with Crippen molar-refractivity contribution >= 4 is 107 Å². The van der Waals surface area contributed by atoms with Gasteiger partial charge in [0, 0.05) is 110 Å². The van der Waals surface area contributed by atoms with Crippen molar-refractivity contribution in [2.45, 2.75) is 177 Å². The fourth-order valence-corrected chi connectivity index (χ4v) is 15.4. The number of amides is 6. The number of nitriles is 1. The van der Waals surface area contributed by atoms with Crippen LogP contribution in [0.15, 0.2) is 131 Å². The number of carboxylic acids is 1. The number of carbonyl (C=O) groups excluding carboxylic acids is 7. The number of aryl methyl sites for hydroxylation is 2. The maximum Gasteiger partial charge on any atom is 1.00 e. The molecular formula is C77H89F2N9Na3O19S4+. The first-order valence-corrected chi connectivity index (χ1v) is 40.2. The number of carboxylic acid groups (broad SMARTS) is 1. The third kappa shape index (κ3) is 27.6. The molecule has 3 aromatic carbocycles. The number of allylic oxidation sites excluding steroid dienone is 7. The van der Waals surface area contributed by atoms with E-state index in [1.54, 1.807) is 12.1 Å². The Labute approximate surface area is 736 Å². The Bertz CT molecular complexity index is 4790. The van der Waals surface area contributed by atoms with E-state index in [1.165, 1.54) is 59.9 Å². The van der Waals surface area contributed by atoms with Gasteiger partial charge in [-0.3, -0.25) is 48.2 Å². The van der Waals surface area contributed by atoms with Crippen LogP contribution in [0, 0.1) is 38.0 Å². The summed E-state index contributed by atoms with van der Waals surface area (Å²) in [4.78, 5) is 112. The zero-order valence-electron chi connectivity index (χ0n) is 65.3. The maximum atomic E-state index is 13.9. The molecule has 2 fully saturated rings. The van der Waals surface area contributed by atoms with Gasteiger partial charge in [0.1, 0.15) is 46.0 Å². The van der Waals surface area contributed by atoms with Gasteiger partial charge in [0.05, 0.1) is 46.3 Å². The number of anilines is 1. The average molecular weight is 1680 g/mol. The number of halogens is 2. The van der Waals surface area contributed by atoms with Crippen LogP contribution in [0.3, 0.4) is 0 Å². The van der Waals surface area contributed by atoms with E-state index in [1.807, 2.05) is 38.1 Å². The number of benzene rings is 3. The second-order valence-electron chi connectivity index (χ2n) is 28.2. The SMILES string of the molecule is O=S(=O)=O.O=S(=O)=O.[CH2-]CCCN1C(=CC=C2CCCC(C=CC3=[N+](CCC[CH2-])c4ccc(S(=O)(=O)[O-])cc4C3(C)C)=C2Oc2ccc(CCC(=O)NCCN3C(=O)CC(SCC(CC(=O)CCC(=O)NCc4cc(C(=O)N[C@H](C)C(=O)N5CC(F)(F)C[C@H]5C#N)ccn4)C(=O)O)C3=O)cc2)C(C)(C)c2cc(C)ccc21.[Na+].[Na+].[Na+]. The topological polar surface area (TPSA) is 411 Å². The normalized spacial score (nSPS) is 18.1. The first kappa shape index (κ1) is 99.4. The van der Waals surface area contributed by atoms with Crippen molar-refractivity contribution in [3.63, 3.8) is 0 Å². The Morgan fingerprint density at radius 3 is 2.15 bits per heavy atom. The van der Waals surface area contributed by atoms with Gasteiger partial charge in [0.25, 0.3) is 11.8 Å². The number of rotatable bonds is 32. The summed E-state index contributed by atoms with van der Waals surface area (Å²) in [6.45, 7) is 20.4. The van der Waals surface area contributed by atoms with Crippen molar-refractivity contribution in [2.75, 3.05) is 43.4 Å². The number of ketones is 1. The van der Waals surface area contributed by atoms with Gasteiger partial charge in [-0.25, -0.2) is 17.2 Å². The third-order valence-corrected chi connectivity index (χ3v) is 21.6. The number of ether oxygens (including phenoxy) is 1. The Balaban J connectivity index is 0.00000237. The van der Waals surface area contributed by atoms with Crippen LogP contribution in [0.25, 0.3) is 0 Å². The van der Waals surface area contributed by atoms with Gasteiger partial charge < -0.3 is 54.0 Å². The first-order chi connectivity index (χ1) is 52.3. The minimum Gasteiger partial charge on any atom is -0.744 e. The van der Waals surface area contributed by atoms with Crippen molar-refractivity contribution in [2.24, 2.45) is 5.92 Å². The van der Waals surface area contributed by atoms with Crippen LogP contribution in [-0.2, 0) is 88.7 Å². The number of alkyl halides is 2. The first-order valence-electron chi connectivity index (χ1n) is 35.7. The molecule has 0 saturated carbocycles. The van der Waals surface area contributed by atoms with Gasteiger partial charge in [-0.15, -0.1) is 37.0 Å². The molecule has 6 amide bonds. The zero-order valence-corrected chi connectivity index (χ0v) is 74.5. The Kier molecular flexibility index (Phi) is 39.3. The molecule has 28 nitrogen and oxygen atoms in total. The molecule has 5 aliphatic rings. The number of carbonyl (C=O) groups is 8. The summed E-state index contributed by atoms with van der Waals surface area (Å²) < 4.78 is 124. The average Bonchev–Trinajstić information content (AvgIpc) is 1.59. The molecule has 1 aromatic heterocycles. The minimum absolute atomic E-state index is 0. The monoisotopic (exact) mass is 1680 g/mol. The molecule has 37 heteroatoms. The second kappa shape index (κ2) is 45.1. The molecule has 0 spiro atoms. The molecule has 0 bridgehead atoms. The van der Waals surface area contributed by atoms with Crippen molar-refractivity contribution < 1.29 is 188 Å². The Morgan fingerprint density at radius 2 is 1.51 bits per heavy atom. The standard InChI is InChI=1S/C77H90F2N9O13S2.3Na.2O3S/c1-9-11-35-85-62-26-16-48(3)38-60(62)75(5,6)65(85)28-20-51-14-13-15-52(21-29-66-76(7,8)61-41-59(103(98,99)100)25-27-63(61)86(66)36-12-10-2)70(51)101-58-23-17-50(18-24-58)19-30-67(90)82-34-37-87-69(92)42-64(73(87)95)102-46-54(74(96)97)40-57(89)22-31-68(91)83-45-55-39-53(32-33-81-55)71(93)84-49(4)72(94)88-47-77(78,79)43-56(88)44-80;;;;2*1-4(2)3/h16-18,20-21,23-29,32-33,38-39,41,49,54,56,64H,1-2,9-15,19,22,30-31,34-37,40,42-43,45-47H2,3-8H3,(H,82,90)(H,83,91)(H,84,93)(H,96,97)(H,98,99,100);;;;;/q-1;3*+1;;/p-1/t49-,54?,56+,64?;;;;;/m1...../s1. The van der Waals surface area contributed by atoms with Crippen LogP contribution in [-0.4, -0.2) is 177 Å². The number of nitrogens with one attached hydrogen (secondary N) is 3. The molecule has 5 heterocycles. The van der Waals surface area contributed by atoms with Gasteiger partial charge in [-0.05, 0) is 137 Å². The van der Waals surface area contributed by atoms with Gasteiger partial charge in [0.15, 0.2) is 5.71 Å². The smallest absolute Gasteiger partial charge is 0.744 e. The van der Waals surface area contributed by atoms with E-state index < -0.39 is 127 Å². The van der Waals surface area contributed by atoms with Crippen molar-refractivity contribution in [1.82, 2.24) is 30.7 Å². The molecular weight excluding hydrogens is 1590 g/mol. The van der Waals surface area contributed by atoms with Crippen LogP contribution in [0.4, 0.5) is 20.2 Å². The van der Waals surface area contributed by atoms with Crippen LogP contribution in [0.2, 0.25) is 0 Å². The van der Waals surface area contributed by atoms with Gasteiger partial charge in [-0.1, -0.05) is 56.2 Å². The number of hydrogen-bond acceptors (Lipinski definition) is 22. The number of thioether (sulfide) groups is 1. The number of likely N-dealkylation sites (tertiary alicyclic amines) is 2. The molecule has 2 unspecified atom stereocenters. The van der Waals surface area contributed by atoms with E-state index in [2.05, 4.69) is 108 Å². The summed E-state index contributed by atoms with van der Waals surface area (Å²) >= 11 is 0.940. The summed E-state index contributed by atoms with van der Waals surface area (Å²) in [5.41, 5.74) is 9.43. The van der Waals surface area contributed by atoms with Crippen molar-refractivity contribution in [3.05, 3.63) is 173 Å². The summed E-state index contributed by atoms with van der Waals surface area (Å²) in [7, 11) is -10.9. The van der Waals surface area contributed by atoms with E-state index in [-0.39, 0.29) is 167 Å². The molecule has 1 aliphatic carbocycles. The number of unbranched alkanes of at least 4 members (excludes halogenated alkanes) is 2. The number of aromatic nitrogens is 1. The van der Waals surface area contributed by atoms with Crippen LogP contribution in [0.5, 0.6) is 5.75 Å². The molecule has 114 heavy (non-hydrogen) atoms. The quantitative estimate of drug-likeness (QED) is 0.0152. The molecule has 9 rings (SSSR count). The molecule has 4 N–H and O–H groups in total. The van der Waals surface area contributed by atoms with E-state index >= 15 is 0 Å². The number of pyridine rings is 1. The largest absolute Gasteiger partial charge is 1.00 e. The summed E-state index contributed by atoms with van der Waals surface area (Å²) in [6, 6.07) is 20.5. The minimum atomic E-state index is -4.71. The number of Topliss-reactive ketones (excluding diaryl/α,β-unsaturated/α-hetero) is 1. The van der Waals surface area contributed by atoms with E-state index in [9.17, 15) is 70.5 Å². The predicted octanol–water partition coefficient (Wildman–Crippen LogP) is -0.872.